The van der Waals surface area contributed by atoms with Crippen LogP contribution in [0.2, 0.25) is 0 Å². The van der Waals surface area contributed by atoms with Crippen LogP contribution in [0.3, 0.4) is 0 Å². The summed E-state index contributed by atoms with van der Waals surface area (Å²) in [6, 6.07) is 11.6. The lowest BCUT2D eigenvalue weighted by Gasteiger charge is -2.30. The SMILES string of the molecule is CC.CCOc1ccc2cc1CN1C(=O)CC(CCC3CC3c3ccc4c(c3)C(CCO4)NC2=O)N=C1N. The van der Waals surface area contributed by atoms with Crippen LogP contribution in [0.5, 0.6) is 11.5 Å². The Morgan fingerprint density at radius 1 is 1.13 bits per heavy atom. The van der Waals surface area contributed by atoms with Gasteiger partial charge in [-0.1, -0.05) is 19.9 Å². The minimum absolute atomic E-state index is 0.0410. The van der Waals surface area contributed by atoms with E-state index in [2.05, 4.69) is 22.4 Å². The maximum Gasteiger partial charge on any atom is 0.251 e. The van der Waals surface area contributed by atoms with E-state index >= 15 is 0 Å². The Morgan fingerprint density at radius 3 is 2.76 bits per heavy atom. The van der Waals surface area contributed by atoms with Gasteiger partial charge in [0.15, 0.2) is 5.96 Å². The van der Waals surface area contributed by atoms with E-state index in [1.54, 1.807) is 18.2 Å². The monoisotopic (exact) mass is 518 g/mol. The normalized spacial score (nSPS) is 25.9. The van der Waals surface area contributed by atoms with Crippen molar-refractivity contribution in [2.24, 2.45) is 16.6 Å². The van der Waals surface area contributed by atoms with Gasteiger partial charge in [0.25, 0.3) is 5.91 Å². The number of fused-ring (bicyclic) bond motifs is 3. The molecule has 4 heterocycles. The average Bonchev–Trinajstić information content (AvgIpc) is 3.71. The fourth-order valence-electron chi connectivity index (χ4n) is 5.81. The number of nitrogens with zero attached hydrogens (tertiary/aromatic N) is 2. The van der Waals surface area contributed by atoms with E-state index in [1.165, 1.54) is 10.5 Å². The summed E-state index contributed by atoms with van der Waals surface area (Å²) < 4.78 is 11.7. The van der Waals surface area contributed by atoms with Crippen molar-refractivity contribution in [2.45, 2.75) is 77.4 Å². The quantitative estimate of drug-likeness (QED) is 0.601. The van der Waals surface area contributed by atoms with Crippen LogP contribution in [0.25, 0.3) is 0 Å². The molecule has 0 spiro atoms. The number of rotatable bonds is 2. The number of nitrogens with one attached hydrogen (secondary N) is 1. The second-order valence-electron chi connectivity index (χ2n) is 10.2. The van der Waals surface area contributed by atoms with Gasteiger partial charge in [-0.05, 0) is 73.9 Å². The van der Waals surface area contributed by atoms with Crippen molar-refractivity contribution in [1.82, 2.24) is 10.2 Å². The Kier molecular flexibility index (Phi) is 7.58. The molecule has 2 aromatic rings. The predicted molar refractivity (Wildman–Crippen MR) is 146 cm³/mol. The average molecular weight is 519 g/mol. The zero-order chi connectivity index (χ0) is 26.8. The second-order valence-corrected chi connectivity index (χ2v) is 10.2. The molecule has 202 valence electrons. The lowest BCUT2D eigenvalue weighted by atomic mass is 9.95. The van der Waals surface area contributed by atoms with E-state index in [9.17, 15) is 9.59 Å². The third kappa shape index (κ3) is 5.22. The molecule has 8 nitrogen and oxygen atoms in total. The summed E-state index contributed by atoms with van der Waals surface area (Å²) in [5.41, 5.74) is 9.87. The standard InChI is InChI=1S/C28H32N4O4.C2H6/c1-2-35-24-7-5-18-11-19(24)15-32-26(33)14-20(30-28(32)29)6-3-16-12-21(16)17-4-8-25-22(13-17)23(9-10-36-25)31-27(18)34;1-2/h4-5,7-8,11,13,16,20-21,23H,2-3,6,9-10,12,14-15H2,1H3,(H2,29,30)(H,31,34);1-2H3. The maximum absolute atomic E-state index is 13.4. The molecule has 1 saturated carbocycles. The molecule has 0 saturated heterocycles. The fourth-order valence-corrected chi connectivity index (χ4v) is 5.81. The molecule has 4 atom stereocenters. The Balaban J connectivity index is 0.00000144. The van der Waals surface area contributed by atoms with Crippen LogP contribution in [0, 0.1) is 5.92 Å². The van der Waals surface area contributed by atoms with Gasteiger partial charge in [-0.25, -0.2) is 4.99 Å². The van der Waals surface area contributed by atoms with E-state index in [-0.39, 0.29) is 36.4 Å². The Bertz CT molecular complexity index is 1240. The Hall–Kier alpha value is -3.55. The van der Waals surface area contributed by atoms with Crippen LogP contribution < -0.4 is 20.5 Å². The minimum Gasteiger partial charge on any atom is -0.494 e. The van der Waals surface area contributed by atoms with Crippen molar-refractivity contribution < 1.29 is 19.1 Å². The number of carbonyl (C=O) groups is 2. The third-order valence-electron chi connectivity index (χ3n) is 7.85. The Morgan fingerprint density at radius 2 is 1.97 bits per heavy atom. The number of ether oxygens (including phenoxy) is 2. The number of amides is 2. The van der Waals surface area contributed by atoms with Gasteiger partial charge in [0.2, 0.25) is 5.91 Å². The van der Waals surface area contributed by atoms with Crippen molar-refractivity contribution in [3.8, 4) is 11.5 Å². The molecule has 7 rings (SSSR count). The summed E-state index contributed by atoms with van der Waals surface area (Å²) in [6.07, 6.45) is 4.07. The fraction of sp³-hybridized carbons (Fsp3) is 0.500. The molecule has 6 bridgehead atoms. The van der Waals surface area contributed by atoms with E-state index in [0.717, 1.165) is 42.6 Å². The van der Waals surface area contributed by atoms with Crippen LogP contribution in [0.1, 0.15) is 91.9 Å². The first-order valence-corrected chi connectivity index (χ1v) is 14.0. The van der Waals surface area contributed by atoms with Gasteiger partial charge in [0, 0.05) is 29.5 Å². The molecule has 4 unspecified atom stereocenters. The molecule has 1 fully saturated rings. The van der Waals surface area contributed by atoms with Crippen LogP contribution in [-0.2, 0) is 11.3 Å². The zero-order valence-corrected chi connectivity index (χ0v) is 22.5. The largest absolute Gasteiger partial charge is 0.494 e. The highest BCUT2D eigenvalue weighted by Gasteiger charge is 2.40. The molecule has 5 aliphatic rings. The number of nitrogens with two attached hydrogens (primary N) is 1. The molecule has 2 aromatic carbocycles. The summed E-state index contributed by atoms with van der Waals surface area (Å²) in [7, 11) is 0. The smallest absolute Gasteiger partial charge is 0.251 e. The summed E-state index contributed by atoms with van der Waals surface area (Å²) in [5.74, 6) is 2.59. The van der Waals surface area contributed by atoms with E-state index < -0.39 is 0 Å². The predicted octanol–water partition coefficient (Wildman–Crippen LogP) is 4.68. The van der Waals surface area contributed by atoms with E-state index in [4.69, 9.17) is 15.2 Å². The minimum atomic E-state index is -0.167. The maximum atomic E-state index is 13.4. The molecule has 0 aromatic heterocycles. The van der Waals surface area contributed by atoms with Crippen LogP contribution in [-0.4, -0.2) is 41.9 Å². The first-order chi connectivity index (χ1) is 18.5. The topological polar surface area (TPSA) is 106 Å². The van der Waals surface area contributed by atoms with Crippen LogP contribution in [0.4, 0.5) is 0 Å². The highest BCUT2D eigenvalue weighted by Crippen LogP contribution is 2.51. The number of carbonyl (C=O) groups excluding carboxylic acids is 2. The molecule has 0 radical (unpaired) electrons. The van der Waals surface area contributed by atoms with Gasteiger partial charge in [-0.15, -0.1) is 0 Å². The molecular weight excluding hydrogens is 480 g/mol. The van der Waals surface area contributed by atoms with Crippen molar-refractivity contribution in [2.75, 3.05) is 13.2 Å². The van der Waals surface area contributed by atoms with Gasteiger partial charge in [0.1, 0.15) is 11.5 Å². The van der Waals surface area contributed by atoms with E-state index in [1.807, 2.05) is 26.8 Å². The molecule has 38 heavy (non-hydrogen) atoms. The Labute approximate surface area is 224 Å². The third-order valence-corrected chi connectivity index (χ3v) is 7.85. The molecule has 4 aliphatic heterocycles. The van der Waals surface area contributed by atoms with E-state index in [0.29, 0.717) is 42.8 Å². The summed E-state index contributed by atoms with van der Waals surface area (Å²) in [4.78, 5) is 32.6. The second kappa shape index (κ2) is 11.1. The van der Waals surface area contributed by atoms with Crippen molar-refractivity contribution in [3.05, 3.63) is 58.7 Å². The van der Waals surface area contributed by atoms with Gasteiger partial charge >= 0.3 is 0 Å². The number of benzene rings is 2. The van der Waals surface area contributed by atoms with Crippen LogP contribution >= 0.6 is 0 Å². The van der Waals surface area contributed by atoms with Gasteiger partial charge < -0.3 is 20.5 Å². The van der Waals surface area contributed by atoms with Gasteiger partial charge in [-0.2, -0.15) is 0 Å². The van der Waals surface area contributed by atoms with Gasteiger partial charge in [-0.3, -0.25) is 14.5 Å². The summed E-state index contributed by atoms with van der Waals surface area (Å²) in [6.45, 7) is 7.16. The van der Waals surface area contributed by atoms with Crippen molar-refractivity contribution in [1.29, 1.82) is 0 Å². The molecular formula is C30H38N4O4. The highest BCUT2D eigenvalue weighted by atomic mass is 16.5. The molecule has 3 N–H and O–H groups in total. The molecule has 2 amide bonds. The zero-order valence-electron chi connectivity index (χ0n) is 22.5. The first kappa shape index (κ1) is 26.1. The number of guanidine groups is 1. The highest BCUT2D eigenvalue weighted by molar-refractivity contribution is 5.99. The lowest BCUT2D eigenvalue weighted by Crippen LogP contribution is -2.46. The number of hydrogen-bond acceptors (Lipinski definition) is 6. The number of aliphatic imine (C=N–C) groups is 1. The summed E-state index contributed by atoms with van der Waals surface area (Å²) >= 11 is 0. The summed E-state index contributed by atoms with van der Waals surface area (Å²) in [5, 5.41) is 3.22. The molecule has 8 heteroatoms. The number of hydrogen-bond donors (Lipinski definition) is 2. The lowest BCUT2D eigenvalue weighted by molar-refractivity contribution is -0.129. The van der Waals surface area contributed by atoms with Gasteiger partial charge in [0.05, 0.1) is 31.8 Å². The van der Waals surface area contributed by atoms with Crippen LogP contribution in [0.15, 0.2) is 41.4 Å². The van der Waals surface area contributed by atoms with Crippen molar-refractivity contribution in [3.63, 3.8) is 0 Å². The van der Waals surface area contributed by atoms with Crippen molar-refractivity contribution >= 4 is 17.8 Å². The molecule has 1 aliphatic carbocycles. The first-order valence-electron chi connectivity index (χ1n) is 14.0.